The van der Waals surface area contributed by atoms with Gasteiger partial charge in [0.05, 0.1) is 5.02 Å². The predicted molar refractivity (Wildman–Crippen MR) is 68.1 cm³/mol. The molecule has 1 aromatic carbocycles. The second-order valence-electron chi connectivity index (χ2n) is 3.31. The van der Waals surface area contributed by atoms with Crippen LogP contribution in [0.25, 0.3) is 0 Å². The van der Waals surface area contributed by atoms with E-state index in [1.54, 1.807) is 0 Å². The minimum Gasteiger partial charge on any atom is -0.505 e. The molecular formula is C10H11Cl2NO3S. The van der Waals surface area contributed by atoms with Crippen LogP contribution in [-0.2, 0) is 10.0 Å². The lowest BCUT2D eigenvalue weighted by Crippen LogP contribution is -2.27. The van der Waals surface area contributed by atoms with Gasteiger partial charge >= 0.3 is 0 Å². The number of hydrogen-bond acceptors (Lipinski definition) is 3. The monoisotopic (exact) mass is 295 g/mol. The van der Waals surface area contributed by atoms with E-state index in [-0.39, 0.29) is 21.5 Å². The van der Waals surface area contributed by atoms with Crippen molar-refractivity contribution in [2.24, 2.45) is 0 Å². The van der Waals surface area contributed by atoms with E-state index in [4.69, 9.17) is 23.2 Å². The topological polar surface area (TPSA) is 57.6 Å². The maximum absolute atomic E-state index is 12.0. The van der Waals surface area contributed by atoms with Crippen LogP contribution in [0.3, 0.4) is 0 Å². The molecule has 0 saturated heterocycles. The van der Waals surface area contributed by atoms with Crippen LogP contribution in [0, 0.1) is 0 Å². The molecular weight excluding hydrogens is 285 g/mol. The van der Waals surface area contributed by atoms with E-state index in [0.717, 1.165) is 10.4 Å². The highest BCUT2D eigenvalue weighted by molar-refractivity contribution is 7.89. The number of likely N-dealkylation sites (N-methyl/N-ethyl adjacent to an activating group) is 1. The van der Waals surface area contributed by atoms with Crippen LogP contribution < -0.4 is 0 Å². The lowest BCUT2D eigenvalue weighted by Gasteiger charge is -2.16. The molecule has 1 rings (SSSR count). The molecule has 17 heavy (non-hydrogen) atoms. The Bertz CT molecular complexity index is 543. The predicted octanol–water partition coefficient (Wildman–Crippen LogP) is 2.51. The highest BCUT2D eigenvalue weighted by Gasteiger charge is 2.25. The first kappa shape index (κ1) is 14.3. The molecule has 0 heterocycles. The van der Waals surface area contributed by atoms with Gasteiger partial charge in [-0.3, -0.25) is 0 Å². The van der Waals surface area contributed by atoms with Gasteiger partial charge in [-0.25, -0.2) is 8.42 Å². The molecule has 0 amide bonds. The molecule has 7 heteroatoms. The van der Waals surface area contributed by atoms with E-state index in [1.165, 1.54) is 19.2 Å². The van der Waals surface area contributed by atoms with Crippen molar-refractivity contribution in [2.75, 3.05) is 13.6 Å². The van der Waals surface area contributed by atoms with Crippen molar-refractivity contribution in [3.8, 4) is 5.75 Å². The molecule has 0 spiro atoms. The van der Waals surface area contributed by atoms with Crippen LogP contribution >= 0.6 is 23.2 Å². The molecule has 0 aliphatic heterocycles. The Labute approximate surface area is 110 Å². The highest BCUT2D eigenvalue weighted by Crippen LogP contribution is 2.35. The molecule has 0 unspecified atom stereocenters. The van der Waals surface area contributed by atoms with Crippen LogP contribution in [0.2, 0.25) is 10.0 Å². The minimum absolute atomic E-state index is 0.108. The first-order chi connectivity index (χ1) is 7.80. The van der Waals surface area contributed by atoms with Gasteiger partial charge in [0, 0.05) is 18.6 Å². The number of benzene rings is 1. The zero-order valence-corrected chi connectivity index (χ0v) is 11.3. The van der Waals surface area contributed by atoms with Crippen LogP contribution in [0.4, 0.5) is 0 Å². The Morgan fingerprint density at radius 3 is 2.59 bits per heavy atom. The molecule has 0 bridgehead atoms. The zero-order valence-electron chi connectivity index (χ0n) is 9.02. The zero-order chi connectivity index (χ0) is 13.2. The lowest BCUT2D eigenvalue weighted by atomic mass is 10.3. The number of rotatable bonds is 4. The second-order valence-corrected chi connectivity index (χ2v) is 6.17. The molecule has 1 aromatic rings. The number of phenols is 1. The van der Waals surface area contributed by atoms with E-state index in [0.29, 0.717) is 0 Å². The van der Waals surface area contributed by atoms with Gasteiger partial charge in [0.2, 0.25) is 10.0 Å². The van der Waals surface area contributed by atoms with E-state index >= 15 is 0 Å². The first-order valence-corrected chi connectivity index (χ1v) is 6.75. The van der Waals surface area contributed by atoms with E-state index in [9.17, 15) is 13.5 Å². The van der Waals surface area contributed by atoms with Gasteiger partial charge < -0.3 is 5.11 Å². The maximum Gasteiger partial charge on any atom is 0.246 e. The first-order valence-electron chi connectivity index (χ1n) is 4.56. The summed E-state index contributed by atoms with van der Waals surface area (Å²) >= 11 is 11.4. The van der Waals surface area contributed by atoms with Crippen LogP contribution in [0.5, 0.6) is 5.75 Å². The van der Waals surface area contributed by atoms with Crippen molar-refractivity contribution in [2.45, 2.75) is 4.90 Å². The summed E-state index contributed by atoms with van der Waals surface area (Å²) in [6.45, 7) is 3.56. The molecule has 0 fully saturated rings. The fraction of sp³-hybridized carbons (Fsp3) is 0.200. The van der Waals surface area contributed by atoms with Crippen molar-refractivity contribution >= 4 is 33.2 Å². The smallest absolute Gasteiger partial charge is 0.246 e. The SMILES string of the molecule is C=CCN(C)S(=O)(=O)c1cc(Cl)cc(Cl)c1O. The van der Waals surface area contributed by atoms with E-state index < -0.39 is 15.8 Å². The molecule has 4 nitrogen and oxygen atoms in total. The number of nitrogens with zero attached hydrogens (tertiary/aromatic N) is 1. The molecule has 0 aliphatic carbocycles. The summed E-state index contributed by atoms with van der Waals surface area (Å²) in [7, 11) is -2.47. The Morgan fingerprint density at radius 1 is 1.47 bits per heavy atom. The minimum atomic E-state index is -3.83. The summed E-state index contributed by atoms with van der Waals surface area (Å²) < 4.78 is 25.1. The molecule has 0 atom stereocenters. The molecule has 1 N–H and O–H groups in total. The fourth-order valence-corrected chi connectivity index (χ4v) is 3.07. The summed E-state index contributed by atoms with van der Waals surface area (Å²) in [5, 5.41) is 9.68. The Balaban J connectivity index is 3.38. The van der Waals surface area contributed by atoms with Gasteiger partial charge in [0.1, 0.15) is 4.90 Å². The Kier molecular flexibility index (Phi) is 4.43. The second kappa shape index (κ2) is 5.27. The number of phenolic OH excluding ortho intramolecular Hbond substituents is 1. The molecule has 94 valence electrons. The van der Waals surface area contributed by atoms with Gasteiger partial charge in [0.25, 0.3) is 0 Å². The van der Waals surface area contributed by atoms with Crippen molar-refractivity contribution in [1.82, 2.24) is 4.31 Å². The third-order valence-electron chi connectivity index (χ3n) is 2.07. The fourth-order valence-electron chi connectivity index (χ4n) is 1.19. The maximum atomic E-state index is 12.0. The van der Waals surface area contributed by atoms with Gasteiger partial charge in [-0.15, -0.1) is 6.58 Å². The molecule has 0 saturated carbocycles. The van der Waals surface area contributed by atoms with Gasteiger partial charge in [0.15, 0.2) is 5.75 Å². The van der Waals surface area contributed by atoms with E-state index in [2.05, 4.69) is 6.58 Å². The summed E-state index contributed by atoms with van der Waals surface area (Å²) in [4.78, 5) is -0.320. The standard InChI is InChI=1S/C10H11Cl2NO3S/c1-3-4-13(2)17(15,16)9-6-7(11)5-8(12)10(9)14/h3,5-6,14H,1,4H2,2H3. The van der Waals surface area contributed by atoms with Crippen LogP contribution in [0.1, 0.15) is 0 Å². The van der Waals surface area contributed by atoms with Gasteiger partial charge in [-0.1, -0.05) is 29.3 Å². The molecule has 0 aromatic heterocycles. The average molecular weight is 296 g/mol. The Hall–Kier alpha value is -0.750. The molecule has 0 radical (unpaired) electrons. The largest absolute Gasteiger partial charge is 0.505 e. The van der Waals surface area contributed by atoms with Gasteiger partial charge in [-0.05, 0) is 12.1 Å². The van der Waals surface area contributed by atoms with Crippen molar-refractivity contribution in [3.05, 3.63) is 34.8 Å². The third kappa shape index (κ3) is 2.93. The van der Waals surface area contributed by atoms with Crippen molar-refractivity contribution in [3.63, 3.8) is 0 Å². The van der Waals surface area contributed by atoms with E-state index in [1.807, 2.05) is 0 Å². The quantitative estimate of drug-likeness (QED) is 0.869. The summed E-state index contributed by atoms with van der Waals surface area (Å²) in [6, 6.07) is 2.42. The summed E-state index contributed by atoms with van der Waals surface area (Å²) in [5.74, 6) is -0.507. The summed E-state index contributed by atoms with van der Waals surface area (Å²) in [6.07, 6.45) is 1.43. The number of halogens is 2. The normalized spacial score (nSPS) is 11.8. The van der Waals surface area contributed by atoms with Crippen LogP contribution in [-0.4, -0.2) is 31.4 Å². The summed E-state index contributed by atoms with van der Waals surface area (Å²) in [5.41, 5.74) is 0. The lowest BCUT2D eigenvalue weighted by molar-refractivity contribution is 0.449. The number of sulfonamides is 1. The third-order valence-corrected chi connectivity index (χ3v) is 4.41. The van der Waals surface area contributed by atoms with Crippen molar-refractivity contribution < 1.29 is 13.5 Å². The van der Waals surface area contributed by atoms with Crippen molar-refractivity contribution in [1.29, 1.82) is 0 Å². The molecule has 0 aliphatic rings. The highest BCUT2D eigenvalue weighted by atomic mass is 35.5. The average Bonchev–Trinajstić information content (AvgIpc) is 2.23. The Morgan fingerprint density at radius 2 is 2.06 bits per heavy atom. The van der Waals surface area contributed by atoms with Gasteiger partial charge in [-0.2, -0.15) is 4.31 Å². The number of hydrogen-bond donors (Lipinski definition) is 1. The number of aromatic hydroxyl groups is 1. The van der Waals surface area contributed by atoms with Crippen LogP contribution in [0.15, 0.2) is 29.7 Å².